The zero-order valence-electron chi connectivity index (χ0n) is 21.2. The zero-order chi connectivity index (χ0) is 25.4. The number of hydrogen-bond donors (Lipinski definition) is 1. The number of rotatable bonds is 10. The van der Waals surface area contributed by atoms with Crippen molar-refractivity contribution in [2.45, 2.75) is 96.7 Å². The van der Waals surface area contributed by atoms with E-state index in [4.69, 9.17) is 23.2 Å². The Morgan fingerprint density at radius 2 is 1.63 bits per heavy atom. The summed E-state index contributed by atoms with van der Waals surface area (Å²) in [5, 5.41) is 4.14. The average molecular weight is 518 g/mol. The maximum atomic E-state index is 13.5. The van der Waals surface area contributed by atoms with Crippen LogP contribution in [0.25, 0.3) is 0 Å². The molecular weight excluding hydrogens is 479 g/mol. The lowest BCUT2D eigenvalue weighted by atomic mass is 9.95. The first-order valence-corrected chi connectivity index (χ1v) is 13.7. The van der Waals surface area contributed by atoms with Crippen LogP contribution in [0.2, 0.25) is 10.0 Å². The third kappa shape index (κ3) is 7.98. The molecule has 0 spiro atoms. The van der Waals surface area contributed by atoms with Gasteiger partial charge in [0.15, 0.2) is 0 Å². The van der Waals surface area contributed by atoms with E-state index in [2.05, 4.69) is 43.4 Å². The number of aryl methyl sites for hydroxylation is 1. The van der Waals surface area contributed by atoms with Crippen molar-refractivity contribution in [1.82, 2.24) is 10.2 Å². The number of carbonyl (C=O) groups is 2. The van der Waals surface area contributed by atoms with Gasteiger partial charge in [-0.1, -0.05) is 93.6 Å². The Bertz CT molecular complexity index is 985. The van der Waals surface area contributed by atoms with Gasteiger partial charge in [-0.15, -0.1) is 0 Å². The largest absolute Gasteiger partial charge is 0.352 e. The minimum absolute atomic E-state index is 0.0327. The summed E-state index contributed by atoms with van der Waals surface area (Å²) in [5.41, 5.74) is 3.27. The van der Waals surface area contributed by atoms with E-state index in [9.17, 15) is 9.59 Å². The molecule has 35 heavy (non-hydrogen) atoms. The van der Waals surface area contributed by atoms with Gasteiger partial charge in [0.2, 0.25) is 11.8 Å². The molecule has 1 saturated carbocycles. The normalized spacial score (nSPS) is 15.1. The van der Waals surface area contributed by atoms with E-state index in [1.54, 1.807) is 17.0 Å². The van der Waals surface area contributed by atoms with Crippen molar-refractivity contribution in [2.24, 2.45) is 0 Å². The van der Waals surface area contributed by atoms with Gasteiger partial charge in [-0.25, -0.2) is 0 Å². The van der Waals surface area contributed by atoms with Gasteiger partial charge in [0.05, 0.1) is 10.0 Å². The summed E-state index contributed by atoms with van der Waals surface area (Å²) in [6.07, 6.45) is 7.06. The molecule has 1 N–H and O–H groups in total. The summed E-state index contributed by atoms with van der Waals surface area (Å²) >= 11 is 12.3. The van der Waals surface area contributed by atoms with Crippen molar-refractivity contribution in [3.8, 4) is 0 Å². The summed E-state index contributed by atoms with van der Waals surface area (Å²) in [5.74, 6) is 0.379. The van der Waals surface area contributed by atoms with Crippen LogP contribution in [-0.2, 0) is 22.6 Å². The molecule has 190 valence electrons. The molecule has 1 aliphatic rings. The Hall–Kier alpha value is -2.04. The van der Waals surface area contributed by atoms with E-state index in [1.807, 2.05) is 13.0 Å². The fourth-order valence-corrected chi connectivity index (χ4v) is 5.08. The number of hydrogen-bond acceptors (Lipinski definition) is 2. The van der Waals surface area contributed by atoms with Crippen LogP contribution in [-0.4, -0.2) is 28.8 Å². The Kier molecular flexibility index (Phi) is 10.5. The van der Waals surface area contributed by atoms with E-state index in [0.29, 0.717) is 41.8 Å². The van der Waals surface area contributed by atoms with Gasteiger partial charge < -0.3 is 10.2 Å². The Morgan fingerprint density at radius 1 is 0.971 bits per heavy atom. The minimum atomic E-state index is -0.526. The molecule has 0 heterocycles. The van der Waals surface area contributed by atoms with Crippen molar-refractivity contribution >= 4 is 35.0 Å². The highest BCUT2D eigenvalue weighted by molar-refractivity contribution is 6.42. The third-order valence-electron chi connectivity index (χ3n) is 6.95. The van der Waals surface area contributed by atoms with Crippen molar-refractivity contribution in [3.05, 3.63) is 69.2 Å². The molecule has 0 saturated heterocycles. The Morgan fingerprint density at radius 3 is 2.23 bits per heavy atom. The maximum absolute atomic E-state index is 13.5. The SMILES string of the molecule is CC[C@H](C(=O)NC1CCCCC1)N(Cc1ccc(Cl)c(Cl)c1)C(=O)CCc1ccc(C(C)C)cc1. The van der Waals surface area contributed by atoms with Crippen LogP contribution >= 0.6 is 23.2 Å². The molecule has 0 unspecified atom stereocenters. The molecule has 0 aliphatic heterocycles. The molecule has 6 heteroatoms. The van der Waals surface area contributed by atoms with Crippen molar-refractivity contribution < 1.29 is 9.59 Å². The van der Waals surface area contributed by atoms with Crippen LogP contribution in [0.4, 0.5) is 0 Å². The molecule has 1 fully saturated rings. The Balaban J connectivity index is 1.76. The quantitative estimate of drug-likeness (QED) is 0.359. The fraction of sp³-hybridized carbons (Fsp3) is 0.517. The highest BCUT2D eigenvalue weighted by Crippen LogP contribution is 2.25. The molecule has 2 amide bonds. The zero-order valence-corrected chi connectivity index (χ0v) is 22.7. The highest BCUT2D eigenvalue weighted by Gasteiger charge is 2.30. The number of nitrogens with zero attached hydrogens (tertiary/aromatic N) is 1. The molecule has 1 atom stereocenters. The van der Waals surface area contributed by atoms with Gasteiger partial charge in [0, 0.05) is 19.0 Å². The molecule has 0 aromatic heterocycles. The predicted octanol–water partition coefficient (Wildman–Crippen LogP) is 7.31. The monoisotopic (exact) mass is 516 g/mol. The van der Waals surface area contributed by atoms with Crippen LogP contribution in [0.3, 0.4) is 0 Å². The number of benzene rings is 2. The lowest BCUT2D eigenvalue weighted by Crippen LogP contribution is -2.51. The van der Waals surface area contributed by atoms with Crippen molar-refractivity contribution in [3.63, 3.8) is 0 Å². The number of amides is 2. The van der Waals surface area contributed by atoms with Gasteiger partial charge in [-0.3, -0.25) is 9.59 Å². The van der Waals surface area contributed by atoms with Gasteiger partial charge in [-0.2, -0.15) is 0 Å². The van der Waals surface area contributed by atoms with Crippen molar-refractivity contribution in [1.29, 1.82) is 0 Å². The van der Waals surface area contributed by atoms with Crippen LogP contribution in [0.5, 0.6) is 0 Å². The van der Waals surface area contributed by atoms with Crippen LogP contribution < -0.4 is 5.32 Å². The van der Waals surface area contributed by atoms with Gasteiger partial charge >= 0.3 is 0 Å². The maximum Gasteiger partial charge on any atom is 0.243 e. The first kappa shape index (κ1) is 27.5. The smallest absolute Gasteiger partial charge is 0.243 e. The molecule has 1 aliphatic carbocycles. The summed E-state index contributed by atoms with van der Waals surface area (Å²) < 4.78 is 0. The molecule has 0 radical (unpaired) electrons. The predicted molar refractivity (Wildman–Crippen MR) is 145 cm³/mol. The minimum Gasteiger partial charge on any atom is -0.352 e. The van der Waals surface area contributed by atoms with Crippen molar-refractivity contribution in [2.75, 3.05) is 0 Å². The van der Waals surface area contributed by atoms with Crippen LogP contribution in [0.1, 0.15) is 88.3 Å². The molecular formula is C29H38Cl2N2O2. The van der Waals surface area contributed by atoms with E-state index < -0.39 is 6.04 Å². The van der Waals surface area contributed by atoms with E-state index in [-0.39, 0.29) is 17.9 Å². The number of carbonyl (C=O) groups excluding carboxylic acids is 2. The topological polar surface area (TPSA) is 49.4 Å². The van der Waals surface area contributed by atoms with Gasteiger partial charge in [0.25, 0.3) is 0 Å². The lowest BCUT2D eigenvalue weighted by Gasteiger charge is -2.33. The fourth-order valence-electron chi connectivity index (χ4n) is 4.76. The van der Waals surface area contributed by atoms with Gasteiger partial charge in [-0.05, 0) is 60.4 Å². The summed E-state index contributed by atoms with van der Waals surface area (Å²) in [6.45, 7) is 6.62. The summed E-state index contributed by atoms with van der Waals surface area (Å²) in [4.78, 5) is 28.6. The standard InChI is InChI=1S/C29H38Cl2N2O2/c1-4-27(29(35)32-24-8-6-5-7-9-24)33(19-22-12-16-25(30)26(31)18-22)28(34)17-13-21-10-14-23(15-11-21)20(2)3/h10-12,14-16,18,20,24,27H,4-9,13,17,19H2,1-3H3,(H,32,35)/t27-/m1/s1. The Labute approximate surface area is 220 Å². The molecule has 2 aromatic carbocycles. The second-order valence-electron chi connectivity index (χ2n) is 9.93. The van der Waals surface area contributed by atoms with Crippen LogP contribution in [0, 0.1) is 0 Å². The summed E-state index contributed by atoms with van der Waals surface area (Å²) in [6, 6.07) is 13.5. The molecule has 0 bridgehead atoms. The third-order valence-corrected chi connectivity index (χ3v) is 7.69. The first-order valence-electron chi connectivity index (χ1n) is 12.9. The second-order valence-corrected chi connectivity index (χ2v) is 10.7. The van der Waals surface area contributed by atoms with E-state index >= 15 is 0 Å². The van der Waals surface area contributed by atoms with E-state index in [1.165, 1.54) is 12.0 Å². The highest BCUT2D eigenvalue weighted by atomic mass is 35.5. The molecule has 4 nitrogen and oxygen atoms in total. The lowest BCUT2D eigenvalue weighted by molar-refractivity contribution is -0.141. The molecule has 3 rings (SSSR count). The average Bonchev–Trinajstić information content (AvgIpc) is 2.85. The molecule has 2 aromatic rings. The number of nitrogens with one attached hydrogen (secondary N) is 1. The first-order chi connectivity index (χ1) is 16.8. The second kappa shape index (κ2) is 13.3. The van der Waals surface area contributed by atoms with E-state index in [0.717, 1.165) is 36.8 Å². The van der Waals surface area contributed by atoms with Crippen LogP contribution in [0.15, 0.2) is 42.5 Å². The summed E-state index contributed by atoms with van der Waals surface area (Å²) in [7, 11) is 0. The number of halogens is 2. The van der Waals surface area contributed by atoms with Gasteiger partial charge in [0.1, 0.15) is 6.04 Å².